The molecule has 3 heterocycles. The van der Waals surface area contributed by atoms with Gasteiger partial charge in [0, 0.05) is 30.5 Å². The van der Waals surface area contributed by atoms with Crippen LogP contribution >= 0.6 is 22.9 Å². The van der Waals surface area contributed by atoms with Crippen LogP contribution < -0.4 is 10.9 Å². The summed E-state index contributed by atoms with van der Waals surface area (Å²) in [7, 11) is 0. The van der Waals surface area contributed by atoms with Crippen molar-refractivity contribution in [2.24, 2.45) is 0 Å². The lowest BCUT2D eigenvalue weighted by atomic mass is 10.2. The van der Waals surface area contributed by atoms with Crippen LogP contribution in [0.15, 0.2) is 40.5 Å². The van der Waals surface area contributed by atoms with Crippen LogP contribution in [0, 0.1) is 0 Å². The summed E-state index contributed by atoms with van der Waals surface area (Å²) < 4.78 is 4.39. The maximum absolute atomic E-state index is 13.0. The van der Waals surface area contributed by atoms with Gasteiger partial charge in [0.25, 0.3) is 5.56 Å². The van der Waals surface area contributed by atoms with E-state index in [4.69, 9.17) is 11.6 Å². The van der Waals surface area contributed by atoms with Gasteiger partial charge < -0.3 is 5.32 Å². The normalized spacial score (nSPS) is 12.5. The third-order valence-corrected chi connectivity index (χ3v) is 6.76. The summed E-state index contributed by atoms with van der Waals surface area (Å²) in [6, 6.07) is 9.42. The Kier molecular flexibility index (Phi) is 6.38. The fourth-order valence-corrected chi connectivity index (χ4v) is 4.64. The minimum atomic E-state index is -0.0362. The topological polar surface area (TPSA) is 81.3 Å². The molecule has 1 N–H and O–H groups in total. The standard InChI is InChI=1S/C22H24ClN5O2S/c1-3-14(2)27-21(30)20-17(11-12-31-20)28-18(25-26-22(27)28)9-6-10-19(29)24-13-15-7-4-5-8-16(15)23/h4-5,7-8,11-12,14H,3,6,9-10,13H2,1-2H3,(H,24,29)/t14-/m1/s1. The predicted octanol–water partition coefficient (Wildman–Crippen LogP) is 4.37. The lowest BCUT2D eigenvalue weighted by Crippen LogP contribution is -2.25. The molecule has 0 aliphatic rings. The molecule has 0 saturated heterocycles. The second kappa shape index (κ2) is 9.20. The number of rotatable bonds is 8. The lowest BCUT2D eigenvalue weighted by Gasteiger charge is -2.14. The van der Waals surface area contributed by atoms with E-state index in [9.17, 15) is 9.59 Å². The molecule has 1 amide bonds. The molecule has 7 nitrogen and oxygen atoms in total. The van der Waals surface area contributed by atoms with Gasteiger partial charge >= 0.3 is 0 Å². The van der Waals surface area contributed by atoms with E-state index in [2.05, 4.69) is 15.5 Å². The molecule has 4 rings (SSSR count). The summed E-state index contributed by atoms with van der Waals surface area (Å²) in [5, 5.41) is 14.2. The average molecular weight is 458 g/mol. The quantitative estimate of drug-likeness (QED) is 0.426. The van der Waals surface area contributed by atoms with Crippen molar-refractivity contribution in [1.82, 2.24) is 24.5 Å². The van der Waals surface area contributed by atoms with E-state index in [0.29, 0.717) is 41.3 Å². The fraction of sp³-hybridized carbons (Fsp3) is 0.364. The Balaban J connectivity index is 1.49. The van der Waals surface area contributed by atoms with Crippen molar-refractivity contribution in [3.63, 3.8) is 0 Å². The van der Waals surface area contributed by atoms with E-state index in [-0.39, 0.29) is 17.5 Å². The minimum Gasteiger partial charge on any atom is -0.352 e. The lowest BCUT2D eigenvalue weighted by molar-refractivity contribution is -0.121. The molecule has 0 bridgehead atoms. The number of carbonyl (C=O) groups excluding carboxylic acids is 1. The number of nitrogens with zero attached hydrogens (tertiary/aromatic N) is 4. The number of nitrogens with one attached hydrogen (secondary N) is 1. The predicted molar refractivity (Wildman–Crippen MR) is 124 cm³/mol. The number of carbonyl (C=O) groups is 1. The molecule has 0 radical (unpaired) electrons. The first-order chi connectivity index (χ1) is 15.0. The monoisotopic (exact) mass is 457 g/mol. The van der Waals surface area contributed by atoms with Crippen molar-refractivity contribution in [2.75, 3.05) is 0 Å². The highest BCUT2D eigenvalue weighted by molar-refractivity contribution is 7.17. The van der Waals surface area contributed by atoms with E-state index in [1.807, 2.05) is 54.0 Å². The number of fused-ring (bicyclic) bond motifs is 3. The zero-order valence-electron chi connectivity index (χ0n) is 17.5. The Hall–Kier alpha value is -2.71. The molecular weight excluding hydrogens is 434 g/mol. The van der Waals surface area contributed by atoms with Gasteiger partial charge in [0.2, 0.25) is 11.7 Å². The van der Waals surface area contributed by atoms with Gasteiger partial charge in [0.05, 0.1) is 5.52 Å². The molecule has 0 saturated carbocycles. The summed E-state index contributed by atoms with van der Waals surface area (Å²) in [6.07, 6.45) is 2.41. The molecule has 0 fully saturated rings. The van der Waals surface area contributed by atoms with Gasteiger partial charge in [-0.05, 0) is 42.8 Å². The number of hydrogen-bond donors (Lipinski definition) is 1. The van der Waals surface area contributed by atoms with Gasteiger partial charge in [-0.25, -0.2) is 0 Å². The van der Waals surface area contributed by atoms with E-state index >= 15 is 0 Å². The number of thiophene rings is 1. The first kappa shape index (κ1) is 21.5. The molecular formula is C22H24ClN5O2S. The number of aryl methyl sites for hydroxylation is 1. The number of aromatic nitrogens is 4. The highest BCUT2D eigenvalue weighted by Crippen LogP contribution is 2.23. The summed E-state index contributed by atoms with van der Waals surface area (Å²) in [4.78, 5) is 25.2. The van der Waals surface area contributed by atoms with Crippen LogP contribution in [-0.4, -0.2) is 25.1 Å². The van der Waals surface area contributed by atoms with Crippen LogP contribution in [0.3, 0.4) is 0 Å². The second-order valence-electron chi connectivity index (χ2n) is 7.54. The molecule has 0 unspecified atom stereocenters. The molecule has 0 aliphatic carbocycles. The Labute approximate surface area is 188 Å². The zero-order chi connectivity index (χ0) is 22.0. The molecule has 1 atom stereocenters. The van der Waals surface area contributed by atoms with Crippen molar-refractivity contribution < 1.29 is 4.79 Å². The summed E-state index contributed by atoms with van der Waals surface area (Å²) in [6.45, 7) is 4.46. The van der Waals surface area contributed by atoms with E-state index in [1.165, 1.54) is 11.3 Å². The smallest absolute Gasteiger partial charge is 0.273 e. The zero-order valence-corrected chi connectivity index (χ0v) is 19.0. The maximum Gasteiger partial charge on any atom is 0.273 e. The van der Waals surface area contributed by atoms with Crippen LogP contribution in [-0.2, 0) is 17.8 Å². The molecule has 9 heteroatoms. The van der Waals surface area contributed by atoms with Gasteiger partial charge in [0.15, 0.2) is 0 Å². The van der Waals surface area contributed by atoms with Crippen LogP contribution in [0.2, 0.25) is 5.02 Å². The average Bonchev–Trinajstić information content (AvgIpc) is 3.40. The Morgan fingerprint density at radius 3 is 2.84 bits per heavy atom. The van der Waals surface area contributed by atoms with Crippen molar-refractivity contribution in [1.29, 1.82) is 0 Å². The fourth-order valence-electron chi connectivity index (χ4n) is 3.62. The summed E-state index contributed by atoms with van der Waals surface area (Å²) in [5.74, 6) is 1.28. The maximum atomic E-state index is 13.0. The van der Waals surface area contributed by atoms with Crippen molar-refractivity contribution in [2.45, 2.75) is 52.1 Å². The van der Waals surface area contributed by atoms with Gasteiger partial charge in [-0.2, -0.15) is 0 Å². The van der Waals surface area contributed by atoms with Crippen molar-refractivity contribution >= 4 is 44.8 Å². The molecule has 31 heavy (non-hydrogen) atoms. The van der Waals surface area contributed by atoms with Gasteiger partial charge in [0.1, 0.15) is 10.5 Å². The largest absolute Gasteiger partial charge is 0.352 e. The third kappa shape index (κ3) is 4.22. The molecule has 3 aromatic heterocycles. The molecule has 4 aromatic rings. The van der Waals surface area contributed by atoms with Gasteiger partial charge in [-0.3, -0.25) is 18.6 Å². The van der Waals surface area contributed by atoms with Crippen LogP contribution in [0.5, 0.6) is 0 Å². The second-order valence-corrected chi connectivity index (χ2v) is 8.86. The molecule has 0 aliphatic heterocycles. The van der Waals surface area contributed by atoms with Gasteiger partial charge in [-0.15, -0.1) is 21.5 Å². The van der Waals surface area contributed by atoms with E-state index < -0.39 is 0 Å². The molecule has 162 valence electrons. The van der Waals surface area contributed by atoms with Crippen molar-refractivity contribution in [3.05, 3.63) is 62.5 Å². The number of hydrogen-bond acceptors (Lipinski definition) is 5. The number of benzene rings is 1. The first-order valence-electron chi connectivity index (χ1n) is 10.4. The van der Waals surface area contributed by atoms with E-state index in [1.54, 1.807) is 4.57 Å². The minimum absolute atomic E-state index is 0.0224. The SMILES string of the molecule is CC[C@@H](C)n1c(=O)c2sccc2n2c(CCCC(=O)NCc3ccccc3Cl)nnc12. The molecule has 1 aromatic carbocycles. The summed E-state index contributed by atoms with van der Waals surface area (Å²) in [5.41, 5.74) is 1.70. The molecule has 0 spiro atoms. The summed E-state index contributed by atoms with van der Waals surface area (Å²) >= 11 is 7.57. The van der Waals surface area contributed by atoms with Crippen LogP contribution in [0.1, 0.15) is 50.5 Å². The van der Waals surface area contributed by atoms with Gasteiger partial charge in [-0.1, -0.05) is 36.7 Å². The Bertz CT molecular complexity index is 1290. The third-order valence-electron chi connectivity index (χ3n) is 5.50. The Morgan fingerprint density at radius 1 is 1.26 bits per heavy atom. The van der Waals surface area contributed by atoms with Crippen LogP contribution in [0.4, 0.5) is 0 Å². The Morgan fingerprint density at radius 2 is 2.06 bits per heavy atom. The number of halogens is 1. The van der Waals surface area contributed by atoms with Crippen molar-refractivity contribution in [3.8, 4) is 0 Å². The van der Waals surface area contributed by atoms with E-state index in [0.717, 1.165) is 23.3 Å². The highest BCUT2D eigenvalue weighted by atomic mass is 35.5. The highest BCUT2D eigenvalue weighted by Gasteiger charge is 2.19. The number of amides is 1. The first-order valence-corrected chi connectivity index (χ1v) is 11.6. The van der Waals surface area contributed by atoms with Crippen LogP contribution in [0.25, 0.3) is 16.0 Å².